The van der Waals surface area contributed by atoms with Crippen LogP contribution in [0, 0.1) is 0 Å². The van der Waals surface area contributed by atoms with Gasteiger partial charge >= 0.3 is 0 Å². The predicted molar refractivity (Wildman–Crippen MR) is 88.2 cm³/mol. The van der Waals surface area contributed by atoms with E-state index in [0.29, 0.717) is 6.54 Å². The molecule has 0 radical (unpaired) electrons. The second kappa shape index (κ2) is 10.4. The van der Waals surface area contributed by atoms with Gasteiger partial charge in [-0.3, -0.25) is 4.79 Å². The summed E-state index contributed by atoms with van der Waals surface area (Å²) in [6.45, 7) is 7.36. The Morgan fingerprint density at radius 1 is 1.29 bits per heavy atom. The van der Waals surface area contributed by atoms with Crippen LogP contribution >= 0.6 is 0 Å². The van der Waals surface area contributed by atoms with Gasteiger partial charge in [0.25, 0.3) is 0 Å². The molecule has 1 aromatic carbocycles. The summed E-state index contributed by atoms with van der Waals surface area (Å²) in [7, 11) is 2.13. The Kier molecular flexibility index (Phi) is 8.71. The highest BCUT2D eigenvalue weighted by atomic mass is 16.1. The molecular weight excluding hydrogens is 262 g/mol. The number of benzene rings is 1. The highest BCUT2D eigenvalue weighted by Gasteiger charge is 2.04. The lowest BCUT2D eigenvalue weighted by Gasteiger charge is -2.17. The van der Waals surface area contributed by atoms with E-state index in [1.165, 1.54) is 5.56 Å². The maximum atomic E-state index is 11.6. The van der Waals surface area contributed by atoms with E-state index >= 15 is 0 Å². The molecule has 1 unspecified atom stereocenters. The fourth-order valence-corrected chi connectivity index (χ4v) is 2.08. The van der Waals surface area contributed by atoms with E-state index in [2.05, 4.69) is 53.8 Å². The van der Waals surface area contributed by atoms with Crippen LogP contribution in [0.25, 0.3) is 0 Å². The van der Waals surface area contributed by atoms with Crippen molar-refractivity contribution < 1.29 is 4.79 Å². The number of carbonyl (C=O) groups is 1. The van der Waals surface area contributed by atoms with Crippen LogP contribution in [0.4, 0.5) is 0 Å². The minimum Gasteiger partial charge on any atom is -0.353 e. The zero-order valence-electron chi connectivity index (χ0n) is 13.6. The summed E-state index contributed by atoms with van der Waals surface area (Å²) in [5, 5.41) is 6.15. The molecule has 1 amide bonds. The van der Waals surface area contributed by atoms with Crippen molar-refractivity contribution in [3.05, 3.63) is 35.9 Å². The van der Waals surface area contributed by atoms with Crippen molar-refractivity contribution in [2.75, 3.05) is 26.7 Å². The van der Waals surface area contributed by atoms with Crippen LogP contribution in [0.3, 0.4) is 0 Å². The maximum Gasteiger partial charge on any atom is 0.234 e. The topological polar surface area (TPSA) is 44.4 Å². The summed E-state index contributed by atoms with van der Waals surface area (Å²) in [5.41, 5.74) is 1.33. The number of rotatable bonds is 10. The first-order chi connectivity index (χ1) is 10.1. The number of amides is 1. The number of carbonyl (C=O) groups excluding carboxylic acids is 1. The van der Waals surface area contributed by atoms with Crippen molar-refractivity contribution in [2.24, 2.45) is 0 Å². The van der Waals surface area contributed by atoms with Gasteiger partial charge in [-0.15, -0.1) is 0 Å². The van der Waals surface area contributed by atoms with E-state index < -0.39 is 0 Å². The second-order valence-corrected chi connectivity index (χ2v) is 5.63. The molecule has 2 N–H and O–H groups in total. The van der Waals surface area contributed by atoms with E-state index in [0.717, 1.165) is 32.5 Å². The first-order valence-electron chi connectivity index (χ1n) is 7.84. The lowest BCUT2D eigenvalue weighted by Crippen LogP contribution is -2.39. The first kappa shape index (κ1) is 17.7. The van der Waals surface area contributed by atoms with Gasteiger partial charge in [-0.05, 0) is 45.5 Å². The summed E-state index contributed by atoms with van der Waals surface area (Å²) < 4.78 is 0. The van der Waals surface area contributed by atoms with Gasteiger partial charge in [-0.2, -0.15) is 0 Å². The number of nitrogens with zero attached hydrogens (tertiary/aromatic N) is 1. The monoisotopic (exact) mass is 291 g/mol. The fraction of sp³-hybridized carbons (Fsp3) is 0.588. The summed E-state index contributed by atoms with van der Waals surface area (Å²) in [4.78, 5) is 13.9. The average Bonchev–Trinajstić information content (AvgIpc) is 2.47. The summed E-state index contributed by atoms with van der Waals surface area (Å²) in [5.74, 6) is 0.0852. The van der Waals surface area contributed by atoms with Crippen LogP contribution in [-0.2, 0) is 11.3 Å². The quantitative estimate of drug-likeness (QED) is 0.648. The molecule has 0 aliphatic carbocycles. The molecule has 0 fully saturated rings. The lowest BCUT2D eigenvalue weighted by molar-refractivity contribution is -0.120. The SMILES string of the molecule is CCC(C)NC(=O)CNCCCN(C)Cc1ccccc1. The van der Waals surface area contributed by atoms with Gasteiger partial charge in [0.15, 0.2) is 0 Å². The van der Waals surface area contributed by atoms with E-state index in [1.54, 1.807) is 0 Å². The van der Waals surface area contributed by atoms with Gasteiger partial charge in [0.1, 0.15) is 0 Å². The Hall–Kier alpha value is -1.39. The van der Waals surface area contributed by atoms with Gasteiger partial charge in [-0.1, -0.05) is 37.3 Å². The van der Waals surface area contributed by atoms with Crippen molar-refractivity contribution in [2.45, 2.75) is 39.3 Å². The Morgan fingerprint density at radius 3 is 2.67 bits per heavy atom. The Balaban J connectivity index is 2.05. The van der Waals surface area contributed by atoms with Gasteiger partial charge in [-0.25, -0.2) is 0 Å². The molecule has 4 heteroatoms. The Morgan fingerprint density at radius 2 is 2.00 bits per heavy atom. The molecule has 1 atom stereocenters. The smallest absolute Gasteiger partial charge is 0.234 e. The van der Waals surface area contributed by atoms with Crippen molar-refractivity contribution in [1.29, 1.82) is 0 Å². The van der Waals surface area contributed by atoms with Crippen molar-refractivity contribution in [3.63, 3.8) is 0 Å². The molecule has 0 bridgehead atoms. The van der Waals surface area contributed by atoms with E-state index in [1.807, 2.05) is 13.0 Å². The third-order valence-electron chi connectivity index (χ3n) is 3.49. The minimum absolute atomic E-state index is 0.0852. The van der Waals surface area contributed by atoms with Crippen LogP contribution in [0.1, 0.15) is 32.3 Å². The molecular formula is C17H29N3O. The van der Waals surface area contributed by atoms with Crippen LogP contribution in [0.15, 0.2) is 30.3 Å². The molecule has 4 nitrogen and oxygen atoms in total. The van der Waals surface area contributed by atoms with Crippen LogP contribution < -0.4 is 10.6 Å². The molecule has 0 aliphatic heterocycles. The van der Waals surface area contributed by atoms with Gasteiger partial charge < -0.3 is 15.5 Å². The van der Waals surface area contributed by atoms with Gasteiger partial charge in [0.2, 0.25) is 5.91 Å². The Labute approximate surface area is 128 Å². The van der Waals surface area contributed by atoms with Gasteiger partial charge in [0.05, 0.1) is 6.54 Å². The van der Waals surface area contributed by atoms with Crippen LogP contribution in [-0.4, -0.2) is 43.5 Å². The van der Waals surface area contributed by atoms with Crippen LogP contribution in [0.5, 0.6) is 0 Å². The number of nitrogens with one attached hydrogen (secondary N) is 2. The van der Waals surface area contributed by atoms with Gasteiger partial charge in [0, 0.05) is 12.6 Å². The van der Waals surface area contributed by atoms with E-state index in [9.17, 15) is 4.79 Å². The average molecular weight is 291 g/mol. The normalized spacial score (nSPS) is 12.4. The van der Waals surface area contributed by atoms with E-state index in [4.69, 9.17) is 0 Å². The molecule has 0 aliphatic rings. The predicted octanol–water partition coefficient (Wildman–Crippen LogP) is 2.01. The molecule has 0 aromatic heterocycles. The van der Waals surface area contributed by atoms with Crippen molar-refractivity contribution in [3.8, 4) is 0 Å². The largest absolute Gasteiger partial charge is 0.353 e. The molecule has 21 heavy (non-hydrogen) atoms. The number of hydrogen-bond donors (Lipinski definition) is 2. The fourth-order valence-electron chi connectivity index (χ4n) is 2.08. The zero-order valence-corrected chi connectivity index (χ0v) is 13.6. The molecule has 0 saturated carbocycles. The lowest BCUT2D eigenvalue weighted by atomic mass is 10.2. The summed E-state index contributed by atoms with van der Waals surface area (Å²) in [6, 6.07) is 10.7. The third-order valence-corrected chi connectivity index (χ3v) is 3.49. The minimum atomic E-state index is 0.0852. The zero-order chi connectivity index (χ0) is 15.5. The Bertz CT molecular complexity index is 394. The maximum absolute atomic E-state index is 11.6. The molecule has 1 aromatic rings. The third kappa shape index (κ3) is 8.48. The van der Waals surface area contributed by atoms with Crippen molar-refractivity contribution >= 4 is 5.91 Å². The highest BCUT2D eigenvalue weighted by molar-refractivity contribution is 5.78. The first-order valence-corrected chi connectivity index (χ1v) is 7.84. The number of hydrogen-bond acceptors (Lipinski definition) is 3. The standard InChI is InChI=1S/C17H29N3O/c1-4-15(2)19-17(21)13-18-11-8-12-20(3)14-16-9-6-5-7-10-16/h5-7,9-10,15,18H,4,8,11-14H2,1-3H3,(H,19,21). The molecule has 0 saturated heterocycles. The molecule has 0 spiro atoms. The van der Waals surface area contributed by atoms with Crippen molar-refractivity contribution in [1.82, 2.24) is 15.5 Å². The highest BCUT2D eigenvalue weighted by Crippen LogP contribution is 2.02. The molecule has 1 rings (SSSR count). The molecule has 0 heterocycles. The van der Waals surface area contributed by atoms with Crippen LogP contribution in [0.2, 0.25) is 0 Å². The molecule has 118 valence electrons. The summed E-state index contributed by atoms with van der Waals surface area (Å²) >= 11 is 0. The van der Waals surface area contributed by atoms with E-state index in [-0.39, 0.29) is 11.9 Å². The second-order valence-electron chi connectivity index (χ2n) is 5.63. The summed E-state index contributed by atoms with van der Waals surface area (Å²) in [6.07, 6.45) is 2.01.